The Morgan fingerprint density at radius 3 is 3.00 bits per heavy atom. The van der Waals surface area contributed by atoms with Crippen LogP contribution in [0.3, 0.4) is 0 Å². The molecule has 0 bridgehead atoms. The summed E-state index contributed by atoms with van der Waals surface area (Å²) in [6, 6.07) is 11.4. The minimum absolute atomic E-state index is 0.572. The molecule has 0 aliphatic rings. The van der Waals surface area contributed by atoms with Crippen molar-refractivity contribution in [2.75, 3.05) is 0 Å². The van der Waals surface area contributed by atoms with Crippen LogP contribution < -0.4 is 0 Å². The van der Waals surface area contributed by atoms with Gasteiger partial charge in [-0.1, -0.05) is 6.07 Å². The first-order valence-corrected chi connectivity index (χ1v) is 6.18. The molecule has 0 unspecified atom stereocenters. The number of nitriles is 1. The Hall–Kier alpha value is -2.45. The molecule has 0 saturated carbocycles. The van der Waals surface area contributed by atoms with Gasteiger partial charge in [0.2, 0.25) is 0 Å². The lowest BCUT2D eigenvalue weighted by molar-refractivity contribution is 1.04. The van der Waals surface area contributed by atoms with Gasteiger partial charge in [-0.2, -0.15) is 5.26 Å². The van der Waals surface area contributed by atoms with Crippen LogP contribution in [0.4, 0.5) is 0 Å². The van der Waals surface area contributed by atoms with Crippen LogP contribution in [0.2, 0.25) is 0 Å². The first kappa shape index (κ1) is 11.6. The number of hydrogen-bond donors (Lipinski definition) is 1. The molecule has 5 heteroatoms. The van der Waals surface area contributed by atoms with E-state index in [1.54, 1.807) is 18.3 Å². The predicted octanol–water partition coefficient (Wildman–Crippen LogP) is 3.26. The Morgan fingerprint density at radius 2 is 2.21 bits per heavy atom. The third-order valence-electron chi connectivity index (χ3n) is 2.89. The maximum atomic E-state index is 8.97. The lowest BCUT2D eigenvalue weighted by Crippen LogP contribution is -1.96. The van der Waals surface area contributed by atoms with E-state index < -0.39 is 0 Å². The van der Waals surface area contributed by atoms with E-state index in [9.17, 15) is 0 Å². The summed E-state index contributed by atoms with van der Waals surface area (Å²) >= 11 is 5.34. The Labute approximate surface area is 115 Å². The second-order valence-corrected chi connectivity index (χ2v) is 4.70. The van der Waals surface area contributed by atoms with E-state index >= 15 is 0 Å². The highest BCUT2D eigenvalue weighted by Gasteiger charge is 2.08. The Balaban J connectivity index is 2.33. The number of nitrogens with zero attached hydrogens (tertiary/aromatic N) is 3. The largest absolute Gasteiger partial charge is 0.329 e. The number of aromatic nitrogens is 3. The molecule has 1 N–H and O–H groups in total. The third-order valence-corrected chi connectivity index (χ3v) is 3.18. The van der Waals surface area contributed by atoms with E-state index in [1.165, 1.54) is 0 Å². The van der Waals surface area contributed by atoms with Gasteiger partial charge >= 0.3 is 0 Å². The molecule has 3 rings (SSSR count). The fraction of sp³-hybridized carbons (Fsp3) is 0.0714. The van der Waals surface area contributed by atoms with Gasteiger partial charge < -0.3 is 4.98 Å². The molecule has 0 atom stereocenters. The summed E-state index contributed by atoms with van der Waals surface area (Å²) < 4.78 is 2.41. The number of aryl methyl sites for hydroxylation is 1. The van der Waals surface area contributed by atoms with Gasteiger partial charge in [0.05, 0.1) is 22.8 Å². The van der Waals surface area contributed by atoms with Crippen LogP contribution in [0.5, 0.6) is 0 Å². The maximum absolute atomic E-state index is 8.97. The summed E-state index contributed by atoms with van der Waals surface area (Å²) in [7, 11) is 0. The van der Waals surface area contributed by atoms with Crippen LogP contribution in [0.25, 0.3) is 16.9 Å². The van der Waals surface area contributed by atoms with E-state index in [0.29, 0.717) is 10.3 Å². The summed E-state index contributed by atoms with van der Waals surface area (Å²) in [5.74, 6) is 0. The summed E-state index contributed by atoms with van der Waals surface area (Å²) in [5.41, 5.74) is 4.17. The van der Waals surface area contributed by atoms with E-state index in [0.717, 1.165) is 22.4 Å². The standard InChI is InChI=1S/C14H10N4S/c1-9-5-12-13(16-8-9)18(14(19)17-12)11-4-2-3-10(6-11)7-15/h2-6,8H,1H3,(H,17,19). The van der Waals surface area contributed by atoms with Gasteiger partial charge in [-0.3, -0.25) is 4.57 Å². The highest BCUT2D eigenvalue weighted by Crippen LogP contribution is 2.19. The SMILES string of the molecule is Cc1cnc2c(c1)[nH]c(=S)n2-c1cccc(C#N)c1. The van der Waals surface area contributed by atoms with Gasteiger partial charge in [-0.25, -0.2) is 4.98 Å². The lowest BCUT2D eigenvalue weighted by Gasteiger charge is -2.04. The molecule has 0 aliphatic heterocycles. The number of pyridine rings is 1. The first-order chi connectivity index (χ1) is 9.19. The van der Waals surface area contributed by atoms with Crippen molar-refractivity contribution in [3.8, 4) is 11.8 Å². The minimum Gasteiger partial charge on any atom is -0.329 e. The van der Waals surface area contributed by atoms with Crippen molar-refractivity contribution in [2.24, 2.45) is 0 Å². The molecule has 3 aromatic rings. The number of aromatic amines is 1. The van der Waals surface area contributed by atoms with Crippen molar-refractivity contribution >= 4 is 23.4 Å². The third kappa shape index (κ3) is 1.92. The number of nitrogens with one attached hydrogen (secondary N) is 1. The quantitative estimate of drug-likeness (QED) is 0.688. The molecule has 0 spiro atoms. The summed E-state index contributed by atoms with van der Waals surface area (Å²) in [6.45, 7) is 1.98. The number of hydrogen-bond acceptors (Lipinski definition) is 3. The zero-order valence-corrected chi connectivity index (χ0v) is 11.0. The lowest BCUT2D eigenvalue weighted by atomic mass is 10.2. The van der Waals surface area contributed by atoms with Crippen molar-refractivity contribution in [1.29, 1.82) is 5.26 Å². The molecule has 2 heterocycles. The molecule has 2 aromatic heterocycles. The summed E-state index contributed by atoms with van der Waals surface area (Å²) in [6.07, 6.45) is 1.80. The molecule has 19 heavy (non-hydrogen) atoms. The molecule has 1 aromatic carbocycles. The monoisotopic (exact) mass is 266 g/mol. The molecule has 0 saturated heterocycles. The molecule has 0 radical (unpaired) electrons. The van der Waals surface area contributed by atoms with Crippen LogP contribution in [-0.2, 0) is 0 Å². The van der Waals surface area contributed by atoms with Gasteiger partial charge in [0.1, 0.15) is 0 Å². The van der Waals surface area contributed by atoms with Crippen molar-refractivity contribution in [3.05, 3.63) is 52.4 Å². The normalized spacial score (nSPS) is 10.5. The van der Waals surface area contributed by atoms with E-state index in [4.69, 9.17) is 17.5 Å². The van der Waals surface area contributed by atoms with E-state index in [2.05, 4.69) is 16.0 Å². The molecule has 0 aliphatic carbocycles. The van der Waals surface area contributed by atoms with Gasteiger partial charge in [0.25, 0.3) is 0 Å². The van der Waals surface area contributed by atoms with Crippen molar-refractivity contribution in [1.82, 2.24) is 14.5 Å². The highest BCUT2D eigenvalue weighted by molar-refractivity contribution is 7.71. The van der Waals surface area contributed by atoms with E-state index in [-0.39, 0.29) is 0 Å². The van der Waals surface area contributed by atoms with Crippen LogP contribution in [0.15, 0.2) is 36.5 Å². The first-order valence-electron chi connectivity index (χ1n) is 5.77. The van der Waals surface area contributed by atoms with Crippen LogP contribution in [-0.4, -0.2) is 14.5 Å². The topological polar surface area (TPSA) is 57.4 Å². The smallest absolute Gasteiger partial charge is 0.183 e. The summed E-state index contributed by atoms with van der Waals surface area (Å²) in [5, 5.41) is 8.97. The van der Waals surface area contributed by atoms with Gasteiger partial charge in [-0.15, -0.1) is 0 Å². The number of H-pyrrole nitrogens is 1. The molecule has 92 valence electrons. The van der Waals surface area contributed by atoms with Crippen LogP contribution in [0, 0.1) is 23.0 Å². The second kappa shape index (κ2) is 4.34. The second-order valence-electron chi connectivity index (χ2n) is 4.31. The average Bonchev–Trinajstić information content (AvgIpc) is 2.73. The number of rotatable bonds is 1. The molecule has 4 nitrogen and oxygen atoms in total. The van der Waals surface area contributed by atoms with Gasteiger partial charge in [0.15, 0.2) is 10.4 Å². The Bertz CT molecular complexity index is 867. The maximum Gasteiger partial charge on any atom is 0.183 e. The minimum atomic E-state index is 0.572. The zero-order chi connectivity index (χ0) is 13.4. The zero-order valence-electron chi connectivity index (χ0n) is 10.2. The fourth-order valence-corrected chi connectivity index (χ4v) is 2.36. The average molecular weight is 266 g/mol. The van der Waals surface area contributed by atoms with Crippen molar-refractivity contribution in [2.45, 2.75) is 6.92 Å². The molecule has 0 amide bonds. The number of fused-ring (bicyclic) bond motifs is 1. The van der Waals surface area contributed by atoms with Gasteiger partial charge in [0, 0.05) is 6.20 Å². The Morgan fingerprint density at radius 1 is 1.37 bits per heavy atom. The predicted molar refractivity (Wildman–Crippen MR) is 75.7 cm³/mol. The molecule has 0 fully saturated rings. The molecular formula is C14H10N4S. The molecular weight excluding hydrogens is 256 g/mol. The van der Waals surface area contributed by atoms with E-state index in [1.807, 2.05) is 29.7 Å². The van der Waals surface area contributed by atoms with Crippen molar-refractivity contribution < 1.29 is 0 Å². The van der Waals surface area contributed by atoms with Gasteiger partial charge in [-0.05, 0) is 49.0 Å². The summed E-state index contributed by atoms with van der Waals surface area (Å²) in [4.78, 5) is 7.55. The highest BCUT2D eigenvalue weighted by atomic mass is 32.1. The number of benzene rings is 1. The van der Waals surface area contributed by atoms with Crippen LogP contribution >= 0.6 is 12.2 Å². The van der Waals surface area contributed by atoms with Crippen molar-refractivity contribution in [3.63, 3.8) is 0 Å². The number of imidazole rings is 1. The Kier molecular flexibility index (Phi) is 2.65. The fourth-order valence-electron chi connectivity index (χ4n) is 2.05. The van der Waals surface area contributed by atoms with Crippen LogP contribution in [0.1, 0.15) is 11.1 Å².